The van der Waals surface area contributed by atoms with Crippen LogP contribution in [-0.2, 0) is 10.2 Å². The van der Waals surface area contributed by atoms with Crippen LogP contribution in [0.4, 0.5) is 0 Å². The van der Waals surface area contributed by atoms with Crippen LogP contribution in [0.3, 0.4) is 0 Å². The number of nitrogens with zero attached hydrogens (tertiary/aromatic N) is 1. The average molecular weight is 318 g/mol. The molecule has 2 rings (SSSR count). The van der Waals surface area contributed by atoms with Gasteiger partial charge < -0.3 is 5.11 Å². The first kappa shape index (κ1) is 17.2. The standard InChI is InChI=1S/C15H30N2O3S/c1-2-4-13-6-8-15(9-7-13)16-21(19,20)17-10-3-5-14(11-17)12-18/h13-16,18H,2-12H2,1H3. The molecule has 2 aliphatic rings. The predicted octanol–water partition coefficient (Wildman–Crippen LogP) is 1.88. The first-order chi connectivity index (χ1) is 10.0. The number of nitrogens with one attached hydrogen (secondary N) is 1. The van der Waals surface area contributed by atoms with E-state index in [0.717, 1.165) is 44.4 Å². The second kappa shape index (κ2) is 7.90. The van der Waals surface area contributed by atoms with Gasteiger partial charge in [-0.05, 0) is 50.4 Å². The van der Waals surface area contributed by atoms with E-state index >= 15 is 0 Å². The molecule has 6 heteroatoms. The van der Waals surface area contributed by atoms with Crippen molar-refractivity contribution in [1.29, 1.82) is 0 Å². The Morgan fingerprint density at radius 1 is 1.14 bits per heavy atom. The molecule has 0 spiro atoms. The normalized spacial score (nSPS) is 32.2. The molecule has 21 heavy (non-hydrogen) atoms. The Hall–Kier alpha value is -0.170. The van der Waals surface area contributed by atoms with Gasteiger partial charge >= 0.3 is 0 Å². The molecule has 124 valence electrons. The second-order valence-electron chi connectivity index (χ2n) is 6.68. The van der Waals surface area contributed by atoms with Crippen molar-refractivity contribution in [3.63, 3.8) is 0 Å². The molecule has 1 aliphatic carbocycles. The minimum absolute atomic E-state index is 0.0775. The third-order valence-electron chi connectivity index (χ3n) is 4.94. The summed E-state index contributed by atoms with van der Waals surface area (Å²) in [6.07, 6.45) is 8.45. The topological polar surface area (TPSA) is 69.6 Å². The highest BCUT2D eigenvalue weighted by Crippen LogP contribution is 2.28. The zero-order valence-corrected chi connectivity index (χ0v) is 13.9. The third-order valence-corrected chi connectivity index (χ3v) is 6.58. The van der Waals surface area contributed by atoms with Gasteiger partial charge in [0.25, 0.3) is 10.2 Å². The van der Waals surface area contributed by atoms with Gasteiger partial charge in [-0.2, -0.15) is 17.4 Å². The molecule has 0 aromatic rings. The van der Waals surface area contributed by atoms with E-state index in [2.05, 4.69) is 11.6 Å². The highest BCUT2D eigenvalue weighted by atomic mass is 32.2. The summed E-state index contributed by atoms with van der Waals surface area (Å²) >= 11 is 0. The Bertz CT molecular complexity index is 405. The minimum Gasteiger partial charge on any atom is -0.396 e. The molecule has 1 unspecified atom stereocenters. The van der Waals surface area contributed by atoms with Gasteiger partial charge in [0, 0.05) is 25.7 Å². The molecule has 1 aliphatic heterocycles. The Labute approximate surface area is 129 Å². The maximum atomic E-state index is 12.5. The van der Waals surface area contributed by atoms with Crippen molar-refractivity contribution in [3.05, 3.63) is 0 Å². The Balaban J connectivity index is 1.84. The number of hydrogen-bond acceptors (Lipinski definition) is 3. The van der Waals surface area contributed by atoms with Crippen LogP contribution in [0.2, 0.25) is 0 Å². The summed E-state index contributed by atoms with van der Waals surface area (Å²) in [5, 5.41) is 9.23. The van der Waals surface area contributed by atoms with Crippen molar-refractivity contribution in [2.75, 3.05) is 19.7 Å². The van der Waals surface area contributed by atoms with E-state index in [1.165, 1.54) is 17.1 Å². The lowest BCUT2D eigenvalue weighted by atomic mass is 9.84. The first-order valence-electron chi connectivity index (χ1n) is 8.43. The molecule has 0 amide bonds. The minimum atomic E-state index is -3.38. The Kier molecular flexibility index (Phi) is 6.47. The van der Waals surface area contributed by atoms with Crippen LogP contribution in [0.15, 0.2) is 0 Å². The van der Waals surface area contributed by atoms with Gasteiger partial charge in [0.1, 0.15) is 0 Å². The van der Waals surface area contributed by atoms with Gasteiger partial charge in [-0.25, -0.2) is 0 Å². The predicted molar refractivity (Wildman–Crippen MR) is 84.1 cm³/mol. The number of piperidine rings is 1. The van der Waals surface area contributed by atoms with E-state index in [-0.39, 0.29) is 18.6 Å². The fourth-order valence-corrected chi connectivity index (χ4v) is 5.24. The van der Waals surface area contributed by atoms with Gasteiger partial charge in [-0.15, -0.1) is 0 Å². The fourth-order valence-electron chi connectivity index (χ4n) is 3.66. The van der Waals surface area contributed by atoms with Crippen molar-refractivity contribution in [1.82, 2.24) is 9.03 Å². The molecule has 2 fully saturated rings. The lowest BCUT2D eigenvalue weighted by Gasteiger charge is -2.34. The van der Waals surface area contributed by atoms with Crippen molar-refractivity contribution < 1.29 is 13.5 Å². The van der Waals surface area contributed by atoms with Gasteiger partial charge in [0.05, 0.1) is 0 Å². The van der Waals surface area contributed by atoms with Crippen molar-refractivity contribution >= 4 is 10.2 Å². The summed E-state index contributed by atoms with van der Waals surface area (Å²) < 4.78 is 29.3. The molecule has 1 heterocycles. The van der Waals surface area contributed by atoms with E-state index in [1.807, 2.05) is 0 Å². The monoisotopic (exact) mass is 318 g/mol. The third kappa shape index (κ3) is 4.91. The van der Waals surface area contributed by atoms with E-state index < -0.39 is 10.2 Å². The molecule has 2 N–H and O–H groups in total. The molecule has 1 saturated heterocycles. The Morgan fingerprint density at radius 3 is 2.48 bits per heavy atom. The van der Waals surface area contributed by atoms with Crippen molar-refractivity contribution in [2.24, 2.45) is 11.8 Å². The highest BCUT2D eigenvalue weighted by molar-refractivity contribution is 7.87. The number of aliphatic hydroxyl groups is 1. The summed E-state index contributed by atoms with van der Waals surface area (Å²) in [6.45, 7) is 3.32. The quantitative estimate of drug-likeness (QED) is 0.785. The van der Waals surface area contributed by atoms with Crippen LogP contribution < -0.4 is 4.72 Å². The molecule has 5 nitrogen and oxygen atoms in total. The number of hydrogen-bond donors (Lipinski definition) is 2. The molecule has 0 bridgehead atoms. The largest absolute Gasteiger partial charge is 0.396 e. The van der Waals surface area contributed by atoms with Gasteiger partial charge in [-0.3, -0.25) is 0 Å². The van der Waals surface area contributed by atoms with Crippen LogP contribution in [0.5, 0.6) is 0 Å². The van der Waals surface area contributed by atoms with Crippen LogP contribution in [-0.4, -0.2) is 43.6 Å². The maximum Gasteiger partial charge on any atom is 0.279 e. The summed E-state index contributed by atoms with van der Waals surface area (Å²) in [7, 11) is -3.38. The summed E-state index contributed by atoms with van der Waals surface area (Å²) in [6, 6.07) is 0.0950. The zero-order valence-electron chi connectivity index (χ0n) is 13.1. The van der Waals surface area contributed by atoms with Gasteiger partial charge in [0.2, 0.25) is 0 Å². The molecule has 0 radical (unpaired) electrons. The number of aliphatic hydroxyl groups excluding tert-OH is 1. The molecular weight excluding hydrogens is 288 g/mol. The SMILES string of the molecule is CCCC1CCC(NS(=O)(=O)N2CCCC(CO)C2)CC1. The lowest BCUT2D eigenvalue weighted by Crippen LogP contribution is -2.50. The molecule has 0 aromatic heterocycles. The Morgan fingerprint density at radius 2 is 1.86 bits per heavy atom. The molecule has 1 saturated carbocycles. The van der Waals surface area contributed by atoms with Gasteiger partial charge in [0.15, 0.2) is 0 Å². The molecule has 1 atom stereocenters. The fraction of sp³-hybridized carbons (Fsp3) is 1.00. The zero-order chi connectivity index (χ0) is 15.3. The van der Waals surface area contributed by atoms with Gasteiger partial charge in [-0.1, -0.05) is 19.8 Å². The van der Waals surface area contributed by atoms with E-state index in [0.29, 0.717) is 13.1 Å². The van der Waals surface area contributed by atoms with Crippen LogP contribution >= 0.6 is 0 Å². The smallest absolute Gasteiger partial charge is 0.279 e. The van der Waals surface area contributed by atoms with Crippen LogP contribution in [0, 0.1) is 11.8 Å². The van der Waals surface area contributed by atoms with E-state index in [4.69, 9.17) is 0 Å². The van der Waals surface area contributed by atoms with Crippen LogP contribution in [0.25, 0.3) is 0 Å². The maximum absolute atomic E-state index is 12.5. The lowest BCUT2D eigenvalue weighted by molar-refractivity contribution is 0.164. The molecule has 0 aromatic carbocycles. The van der Waals surface area contributed by atoms with E-state index in [1.54, 1.807) is 0 Å². The van der Waals surface area contributed by atoms with Crippen molar-refractivity contribution in [2.45, 2.75) is 64.3 Å². The number of rotatable bonds is 6. The first-order valence-corrected chi connectivity index (χ1v) is 9.87. The molecular formula is C15H30N2O3S. The summed E-state index contributed by atoms with van der Waals surface area (Å²) in [5.74, 6) is 0.875. The average Bonchev–Trinajstić information content (AvgIpc) is 2.49. The summed E-state index contributed by atoms with van der Waals surface area (Å²) in [5.41, 5.74) is 0. The van der Waals surface area contributed by atoms with Crippen molar-refractivity contribution in [3.8, 4) is 0 Å². The second-order valence-corrected chi connectivity index (χ2v) is 8.38. The highest BCUT2D eigenvalue weighted by Gasteiger charge is 2.31. The summed E-state index contributed by atoms with van der Waals surface area (Å²) in [4.78, 5) is 0. The van der Waals surface area contributed by atoms with E-state index in [9.17, 15) is 13.5 Å². The van der Waals surface area contributed by atoms with Crippen LogP contribution in [0.1, 0.15) is 58.3 Å².